The molecule has 0 aliphatic carbocycles. The van der Waals surface area contributed by atoms with Gasteiger partial charge in [-0.2, -0.15) is 0 Å². The van der Waals surface area contributed by atoms with Gasteiger partial charge in [0.25, 0.3) is 5.91 Å². The molecule has 2 N–H and O–H groups in total. The molecule has 0 radical (unpaired) electrons. The van der Waals surface area contributed by atoms with Crippen LogP contribution < -0.4 is 5.48 Å². The van der Waals surface area contributed by atoms with Crippen LogP contribution >= 0.6 is 11.8 Å². The van der Waals surface area contributed by atoms with Gasteiger partial charge in [-0.05, 0) is 36.4 Å². The predicted octanol–water partition coefficient (Wildman–Crippen LogP) is 3.12. The fourth-order valence-electron chi connectivity index (χ4n) is 2.64. The quantitative estimate of drug-likeness (QED) is 0.172. The molecular formula is C21H30N2O4S. The van der Waals surface area contributed by atoms with Crippen molar-refractivity contribution < 1.29 is 19.6 Å². The average Bonchev–Trinajstić information content (AvgIpc) is 2.70. The van der Waals surface area contributed by atoms with Crippen LogP contribution in [0.3, 0.4) is 0 Å². The summed E-state index contributed by atoms with van der Waals surface area (Å²) in [4.78, 5) is 38.4. The van der Waals surface area contributed by atoms with Crippen molar-refractivity contribution in [3.63, 3.8) is 0 Å². The highest BCUT2D eigenvalue weighted by atomic mass is 32.2. The van der Waals surface area contributed by atoms with Crippen molar-refractivity contribution in [3.8, 4) is 0 Å². The standard InChI is InChI=1S/C21H30N2O4S/c1-4-18(24)15-19(25)14-17-13-16(8-10-21(26)22-27)7-9-20(17)28-12-11-23(5-2)6-3/h7-10,13,27H,4-6,11-12,14-15H2,1-3H3,(H,22,26)/b10-8+. The van der Waals surface area contributed by atoms with Crippen LogP contribution in [0.2, 0.25) is 0 Å². The molecule has 0 atom stereocenters. The second kappa shape index (κ2) is 13.3. The number of carbonyl (C=O) groups excluding carboxylic acids is 3. The van der Waals surface area contributed by atoms with Crippen molar-refractivity contribution in [1.82, 2.24) is 10.4 Å². The Balaban J connectivity index is 2.95. The van der Waals surface area contributed by atoms with E-state index in [-0.39, 0.29) is 24.4 Å². The number of thioether (sulfide) groups is 1. The Labute approximate surface area is 171 Å². The molecule has 7 heteroatoms. The van der Waals surface area contributed by atoms with E-state index in [4.69, 9.17) is 5.21 Å². The van der Waals surface area contributed by atoms with Crippen LogP contribution in [0.25, 0.3) is 6.08 Å². The van der Waals surface area contributed by atoms with E-state index in [1.165, 1.54) is 6.08 Å². The average molecular weight is 407 g/mol. The minimum Gasteiger partial charge on any atom is -0.303 e. The topological polar surface area (TPSA) is 86.7 Å². The zero-order chi connectivity index (χ0) is 20.9. The smallest absolute Gasteiger partial charge is 0.267 e. The molecule has 1 rings (SSSR count). The summed E-state index contributed by atoms with van der Waals surface area (Å²) in [6.45, 7) is 8.97. The number of hydrogen-bond donors (Lipinski definition) is 2. The first-order chi connectivity index (χ1) is 13.4. The Hall–Kier alpha value is -1.96. The third-order valence-corrected chi connectivity index (χ3v) is 5.45. The van der Waals surface area contributed by atoms with Crippen LogP contribution in [-0.4, -0.2) is 53.0 Å². The summed E-state index contributed by atoms with van der Waals surface area (Å²) >= 11 is 1.69. The minimum absolute atomic E-state index is 0.0486. The van der Waals surface area contributed by atoms with E-state index >= 15 is 0 Å². The molecule has 154 valence electrons. The van der Waals surface area contributed by atoms with E-state index in [1.807, 2.05) is 18.2 Å². The number of hydrogen-bond acceptors (Lipinski definition) is 6. The number of rotatable bonds is 13. The molecule has 0 aromatic heterocycles. The maximum absolute atomic E-state index is 12.3. The van der Waals surface area contributed by atoms with Crippen molar-refractivity contribution in [2.45, 2.75) is 44.9 Å². The monoisotopic (exact) mass is 406 g/mol. The fourth-order valence-corrected chi connectivity index (χ4v) is 3.69. The first-order valence-electron chi connectivity index (χ1n) is 9.57. The van der Waals surface area contributed by atoms with Crippen molar-refractivity contribution in [1.29, 1.82) is 0 Å². The normalized spacial score (nSPS) is 11.2. The van der Waals surface area contributed by atoms with Crippen LogP contribution in [0.1, 0.15) is 44.7 Å². The largest absolute Gasteiger partial charge is 0.303 e. The third kappa shape index (κ3) is 8.82. The third-order valence-electron chi connectivity index (χ3n) is 4.36. The van der Waals surface area contributed by atoms with Gasteiger partial charge in [-0.1, -0.05) is 32.9 Å². The zero-order valence-corrected chi connectivity index (χ0v) is 17.7. The molecule has 0 spiro atoms. The van der Waals surface area contributed by atoms with Gasteiger partial charge in [-0.3, -0.25) is 19.6 Å². The van der Waals surface area contributed by atoms with E-state index in [0.717, 1.165) is 41.4 Å². The number of nitrogens with zero attached hydrogens (tertiary/aromatic N) is 1. The predicted molar refractivity (Wildman–Crippen MR) is 113 cm³/mol. The number of ketones is 2. The fraction of sp³-hybridized carbons (Fsp3) is 0.476. The molecule has 1 aromatic carbocycles. The van der Waals surface area contributed by atoms with Crippen molar-refractivity contribution in [3.05, 3.63) is 35.4 Å². The van der Waals surface area contributed by atoms with Gasteiger partial charge in [-0.15, -0.1) is 11.8 Å². The van der Waals surface area contributed by atoms with Gasteiger partial charge in [-0.25, -0.2) is 5.48 Å². The number of carbonyl (C=O) groups is 3. The second-order valence-electron chi connectivity index (χ2n) is 6.34. The summed E-state index contributed by atoms with van der Waals surface area (Å²) in [5.74, 6) is 0.116. The first kappa shape index (κ1) is 24.1. The molecule has 0 bridgehead atoms. The van der Waals surface area contributed by atoms with Gasteiger partial charge in [0.1, 0.15) is 11.6 Å². The number of hydroxylamine groups is 1. The second-order valence-corrected chi connectivity index (χ2v) is 7.47. The maximum Gasteiger partial charge on any atom is 0.267 e. The first-order valence-corrected chi connectivity index (χ1v) is 10.6. The Morgan fingerprint density at radius 2 is 1.86 bits per heavy atom. The van der Waals surface area contributed by atoms with Gasteiger partial charge < -0.3 is 4.90 Å². The van der Waals surface area contributed by atoms with Crippen molar-refractivity contribution in [2.24, 2.45) is 0 Å². The van der Waals surface area contributed by atoms with Crippen LogP contribution in [0.4, 0.5) is 0 Å². The van der Waals surface area contributed by atoms with Crippen LogP contribution in [0.5, 0.6) is 0 Å². The summed E-state index contributed by atoms with van der Waals surface area (Å²) < 4.78 is 0. The highest BCUT2D eigenvalue weighted by Gasteiger charge is 2.13. The molecule has 0 heterocycles. The van der Waals surface area contributed by atoms with Crippen LogP contribution in [-0.2, 0) is 20.8 Å². The number of Topliss-reactive ketones (excluding diaryl/α,β-unsaturated/α-hetero) is 2. The lowest BCUT2D eigenvalue weighted by Crippen LogP contribution is -2.25. The molecule has 6 nitrogen and oxygen atoms in total. The Kier molecular flexibility index (Phi) is 11.4. The summed E-state index contributed by atoms with van der Waals surface area (Å²) in [6, 6.07) is 5.66. The molecule has 1 aromatic rings. The highest BCUT2D eigenvalue weighted by molar-refractivity contribution is 7.99. The van der Waals surface area contributed by atoms with E-state index in [0.29, 0.717) is 6.42 Å². The number of nitrogens with one attached hydrogen (secondary N) is 1. The van der Waals surface area contributed by atoms with Crippen LogP contribution in [0, 0.1) is 0 Å². The number of amides is 1. The maximum atomic E-state index is 12.3. The summed E-state index contributed by atoms with van der Waals surface area (Å²) in [7, 11) is 0. The molecule has 0 aliphatic heterocycles. The van der Waals surface area contributed by atoms with Crippen molar-refractivity contribution in [2.75, 3.05) is 25.4 Å². The molecular weight excluding hydrogens is 376 g/mol. The minimum atomic E-state index is -0.621. The van der Waals surface area contributed by atoms with E-state index in [9.17, 15) is 14.4 Å². The molecule has 1 amide bonds. The lowest BCUT2D eigenvalue weighted by molar-refractivity contribution is -0.126. The SMILES string of the molecule is CCC(=O)CC(=O)Cc1cc(/C=C/C(=O)NO)ccc1SCCN(CC)CC. The molecule has 0 saturated carbocycles. The Bertz CT molecular complexity index is 700. The van der Waals surface area contributed by atoms with Gasteiger partial charge in [0, 0.05) is 36.1 Å². The summed E-state index contributed by atoms with van der Waals surface area (Å²) in [5, 5.41) is 8.59. The molecule has 0 fully saturated rings. The Morgan fingerprint density at radius 3 is 2.46 bits per heavy atom. The van der Waals surface area contributed by atoms with Gasteiger partial charge >= 0.3 is 0 Å². The van der Waals surface area contributed by atoms with Crippen molar-refractivity contribution >= 4 is 35.3 Å². The van der Waals surface area contributed by atoms with Gasteiger partial charge in [0.15, 0.2) is 0 Å². The summed E-state index contributed by atoms with van der Waals surface area (Å²) in [5.41, 5.74) is 3.15. The van der Waals surface area contributed by atoms with Gasteiger partial charge in [0.2, 0.25) is 0 Å². The van der Waals surface area contributed by atoms with E-state index < -0.39 is 5.91 Å². The van der Waals surface area contributed by atoms with Crippen LogP contribution in [0.15, 0.2) is 29.2 Å². The molecule has 0 unspecified atom stereocenters. The zero-order valence-electron chi connectivity index (χ0n) is 16.9. The Morgan fingerprint density at radius 1 is 1.14 bits per heavy atom. The lowest BCUT2D eigenvalue weighted by Gasteiger charge is -2.18. The lowest BCUT2D eigenvalue weighted by atomic mass is 10.0. The van der Waals surface area contributed by atoms with E-state index in [2.05, 4.69) is 18.7 Å². The molecule has 28 heavy (non-hydrogen) atoms. The molecule has 0 aliphatic rings. The van der Waals surface area contributed by atoms with Gasteiger partial charge in [0.05, 0.1) is 6.42 Å². The summed E-state index contributed by atoms with van der Waals surface area (Å²) in [6.07, 6.45) is 3.28. The highest BCUT2D eigenvalue weighted by Crippen LogP contribution is 2.26. The molecule has 0 saturated heterocycles. The van der Waals surface area contributed by atoms with E-state index in [1.54, 1.807) is 30.2 Å². The number of benzene rings is 1.